The van der Waals surface area contributed by atoms with E-state index >= 15 is 0 Å². The number of amides is 2. The number of carbonyl (C=O) groups excluding carboxylic acids is 2. The van der Waals surface area contributed by atoms with E-state index in [4.69, 9.17) is 4.74 Å². The first-order valence-corrected chi connectivity index (χ1v) is 11.8. The van der Waals surface area contributed by atoms with Gasteiger partial charge in [0.25, 0.3) is 11.8 Å². The molecule has 0 aliphatic carbocycles. The molecule has 0 bridgehead atoms. The lowest BCUT2D eigenvalue weighted by molar-refractivity contribution is -0.203. The molecule has 10 heteroatoms. The molecule has 0 saturated carbocycles. The first kappa shape index (κ1) is 21.4. The number of aliphatic hydroxyl groups is 1. The molecule has 1 spiro atoms. The molecular formula is C20H26N4O4S2. The monoisotopic (exact) mass is 450 g/mol. The number of piperidine rings is 1. The molecule has 30 heavy (non-hydrogen) atoms. The standard InChI is InChI=1S/C20H26N4O4S2/c1-12-15(30-11-21-12)16(25)23-19(3)6-9-28-20(18(19)27)4-7-24(8-5-20)17(26)14-10-29-13(2)22-14/h10-11,18,27H,4-9H2,1-3H3,(H,23,25)/t18-,19+/m0/s1. The number of hydrogen-bond acceptors (Lipinski definition) is 8. The number of hydrogen-bond donors (Lipinski definition) is 2. The van der Waals surface area contributed by atoms with Crippen LogP contribution in [0.25, 0.3) is 0 Å². The summed E-state index contributed by atoms with van der Waals surface area (Å²) in [7, 11) is 0. The molecule has 2 atom stereocenters. The van der Waals surface area contributed by atoms with Crippen LogP contribution in [0.4, 0.5) is 0 Å². The molecule has 2 aromatic heterocycles. The van der Waals surface area contributed by atoms with E-state index in [2.05, 4.69) is 15.3 Å². The molecule has 2 N–H and O–H groups in total. The molecule has 4 rings (SSSR count). The Hall–Kier alpha value is -1.88. The van der Waals surface area contributed by atoms with Gasteiger partial charge in [0.1, 0.15) is 16.7 Å². The van der Waals surface area contributed by atoms with Gasteiger partial charge < -0.3 is 20.1 Å². The van der Waals surface area contributed by atoms with Crippen molar-refractivity contribution in [3.63, 3.8) is 0 Å². The highest BCUT2D eigenvalue weighted by Crippen LogP contribution is 2.40. The van der Waals surface area contributed by atoms with Gasteiger partial charge in [0.05, 0.1) is 27.4 Å². The van der Waals surface area contributed by atoms with Gasteiger partial charge in [0.15, 0.2) is 0 Å². The van der Waals surface area contributed by atoms with Crippen molar-refractivity contribution in [1.82, 2.24) is 20.2 Å². The Balaban J connectivity index is 1.45. The second-order valence-corrected chi connectivity index (χ2v) is 10.2. The maximum absolute atomic E-state index is 12.8. The Morgan fingerprint density at radius 2 is 2.00 bits per heavy atom. The summed E-state index contributed by atoms with van der Waals surface area (Å²) in [6.45, 7) is 6.93. The lowest BCUT2D eigenvalue weighted by atomic mass is 9.73. The largest absolute Gasteiger partial charge is 0.388 e. The fourth-order valence-corrected chi connectivity index (χ4v) is 5.64. The van der Waals surface area contributed by atoms with Crippen LogP contribution in [0.1, 0.15) is 57.0 Å². The summed E-state index contributed by atoms with van der Waals surface area (Å²) in [6.07, 6.45) is 0.650. The topological polar surface area (TPSA) is 105 Å². The van der Waals surface area contributed by atoms with Gasteiger partial charge in [-0.2, -0.15) is 0 Å². The number of nitrogens with zero attached hydrogens (tertiary/aromatic N) is 3. The number of aliphatic hydroxyl groups excluding tert-OH is 1. The fraction of sp³-hybridized carbons (Fsp3) is 0.600. The van der Waals surface area contributed by atoms with Crippen molar-refractivity contribution < 1.29 is 19.4 Å². The highest BCUT2D eigenvalue weighted by molar-refractivity contribution is 7.11. The van der Waals surface area contributed by atoms with E-state index in [0.29, 0.717) is 55.2 Å². The average molecular weight is 451 g/mol. The number of rotatable bonds is 3. The molecule has 162 valence electrons. The maximum Gasteiger partial charge on any atom is 0.273 e. The number of nitrogens with one attached hydrogen (secondary N) is 1. The van der Waals surface area contributed by atoms with Crippen molar-refractivity contribution >= 4 is 34.5 Å². The number of likely N-dealkylation sites (tertiary alicyclic amines) is 1. The van der Waals surface area contributed by atoms with Crippen LogP contribution >= 0.6 is 22.7 Å². The summed E-state index contributed by atoms with van der Waals surface area (Å²) in [5.41, 5.74) is 1.20. The van der Waals surface area contributed by atoms with Gasteiger partial charge >= 0.3 is 0 Å². The quantitative estimate of drug-likeness (QED) is 0.743. The summed E-state index contributed by atoms with van der Waals surface area (Å²) in [5, 5.41) is 17.0. The maximum atomic E-state index is 12.8. The molecule has 2 amide bonds. The summed E-state index contributed by atoms with van der Waals surface area (Å²) < 4.78 is 6.09. The third-order valence-corrected chi connectivity index (χ3v) is 7.90. The highest BCUT2D eigenvalue weighted by atomic mass is 32.1. The fourth-order valence-electron chi connectivity index (χ4n) is 4.36. The normalized spacial score (nSPS) is 26.0. The minimum Gasteiger partial charge on any atom is -0.388 e. The van der Waals surface area contributed by atoms with Crippen molar-refractivity contribution in [3.05, 3.63) is 32.2 Å². The van der Waals surface area contributed by atoms with E-state index in [1.54, 1.807) is 22.7 Å². The van der Waals surface area contributed by atoms with Gasteiger partial charge in [-0.1, -0.05) is 0 Å². The third-order valence-electron chi connectivity index (χ3n) is 6.20. The molecule has 2 aliphatic rings. The van der Waals surface area contributed by atoms with Crippen LogP contribution < -0.4 is 5.32 Å². The lowest BCUT2D eigenvalue weighted by Crippen LogP contribution is -2.69. The van der Waals surface area contributed by atoms with Crippen molar-refractivity contribution in [2.45, 2.75) is 57.3 Å². The third kappa shape index (κ3) is 3.77. The first-order valence-electron chi connectivity index (χ1n) is 10.0. The van der Waals surface area contributed by atoms with Crippen molar-refractivity contribution in [1.29, 1.82) is 0 Å². The van der Waals surface area contributed by atoms with E-state index < -0.39 is 17.2 Å². The number of aryl methyl sites for hydroxylation is 2. The summed E-state index contributed by atoms with van der Waals surface area (Å²) in [5.74, 6) is -0.309. The van der Waals surface area contributed by atoms with Crippen molar-refractivity contribution in [2.75, 3.05) is 19.7 Å². The second kappa shape index (κ2) is 7.99. The van der Waals surface area contributed by atoms with Gasteiger partial charge in [-0.05, 0) is 40.0 Å². The Bertz CT molecular complexity index is 950. The first-order chi connectivity index (χ1) is 14.2. The van der Waals surface area contributed by atoms with E-state index in [1.165, 1.54) is 22.7 Å². The predicted molar refractivity (Wildman–Crippen MR) is 114 cm³/mol. The Kier molecular flexibility index (Phi) is 5.69. The molecular weight excluding hydrogens is 424 g/mol. The van der Waals surface area contributed by atoms with Gasteiger partial charge in [-0.25, -0.2) is 9.97 Å². The number of carbonyl (C=O) groups is 2. The number of thiazole rings is 2. The zero-order chi connectivity index (χ0) is 21.5. The van der Waals surface area contributed by atoms with E-state index in [0.717, 1.165) is 5.01 Å². The van der Waals surface area contributed by atoms with Crippen LogP contribution in [-0.2, 0) is 4.74 Å². The second-order valence-electron chi connectivity index (χ2n) is 8.25. The molecule has 2 aromatic rings. The zero-order valence-corrected chi connectivity index (χ0v) is 18.9. The van der Waals surface area contributed by atoms with Crippen LogP contribution in [0.3, 0.4) is 0 Å². The van der Waals surface area contributed by atoms with E-state index in [1.807, 2.05) is 13.8 Å². The molecule has 2 fully saturated rings. The minimum absolute atomic E-state index is 0.0868. The molecule has 8 nitrogen and oxygen atoms in total. The smallest absolute Gasteiger partial charge is 0.273 e. The Morgan fingerprint density at radius 1 is 1.27 bits per heavy atom. The van der Waals surface area contributed by atoms with Gasteiger partial charge in [-0.15, -0.1) is 22.7 Å². The van der Waals surface area contributed by atoms with Crippen molar-refractivity contribution in [3.8, 4) is 0 Å². The molecule has 2 saturated heterocycles. The van der Waals surface area contributed by atoms with Crippen LogP contribution in [0.5, 0.6) is 0 Å². The Morgan fingerprint density at radius 3 is 2.60 bits per heavy atom. The minimum atomic E-state index is -0.880. The van der Waals surface area contributed by atoms with E-state index in [9.17, 15) is 14.7 Å². The Labute approximate surface area is 183 Å². The molecule has 0 unspecified atom stereocenters. The van der Waals surface area contributed by atoms with Crippen molar-refractivity contribution in [2.24, 2.45) is 0 Å². The van der Waals surface area contributed by atoms with Gasteiger partial charge in [-0.3, -0.25) is 9.59 Å². The van der Waals surface area contributed by atoms with Crippen LogP contribution in [-0.4, -0.2) is 68.7 Å². The number of aromatic nitrogens is 2. The average Bonchev–Trinajstić information content (AvgIpc) is 3.34. The summed E-state index contributed by atoms with van der Waals surface area (Å²) in [4.78, 5) is 36.2. The molecule has 4 heterocycles. The summed E-state index contributed by atoms with van der Waals surface area (Å²) in [6, 6.07) is 0. The molecule has 0 aromatic carbocycles. The van der Waals surface area contributed by atoms with Gasteiger partial charge in [0, 0.05) is 25.1 Å². The van der Waals surface area contributed by atoms with E-state index in [-0.39, 0.29) is 11.8 Å². The highest BCUT2D eigenvalue weighted by Gasteiger charge is 2.54. The van der Waals surface area contributed by atoms with Crippen LogP contribution in [0.2, 0.25) is 0 Å². The molecule has 0 radical (unpaired) electrons. The predicted octanol–water partition coefficient (Wildman–Crippen LogP) is 2.16. The lowest BCUT2D eigenvalue weighted by Gasteiger charge is -2.53. The summed E-state index contributed by atoms with van der Waals surface area (Å²) >= 11 is 2.75. The van der Waals surface area contributed by atoms with Crippen LogP contribution in [0, 0.1) is 13.8 Å². The SMILES string of the molecule is Cc1nc(C(=O)N2CCC3(CC2)OCC[C@@](C)(NC(=O)c2scnc2C)[C@@H]3O)cs1. The van der Waals surface area contributed by atoms with Crippen LogP contribution in [0.15, 0.2) is 10.9 Å². The molecule has 2 aliphatic heterocycles. The number of ether oxygens (including phenoxy) is 1. The van der Waals surface area contributed by atoms with Gasteiger partial charge in [0.2, 0.25) is 0 Å². The zero-order valence-electron chi connectivity index (χ0n) is 17.3.